The number of nitrogens with zero attached hydrogens (tertiary/aromatic N) is 1. The molecule has 0 bridgehead atoms. The summed E-state index contributed by atoms with van der Waals surface area (Å²) in [7, 11) is 0. The van der Waals surface area contributed by atoms with E-state index in [1.807, 2.05) is 0 Å². The molecule has 1 aromatic rings. The van der Waals surface area contributed by atoms with Crippen LogP contribution in [0.25, 0.3) is 0 Å². The van der Waals surface area contributed by atoms with Gasteiger partial charge < -0.3 is 0 Å². The highest BCUT2D eigenvalue weighted by molar-refractivity contribution is 5.85. The van der Waals surface area contributed by atoms with E-state index in [4.69, 9.17) is 5.26 Å². The molecule has 0 N–H and O–H groups in total. The van der Waals surface area contributed by atoms with Crippen molar-refractivity contribution in [1.82, 2.24) is 0 Å². The van der Waals surface area contributed by atoms with E-state index in [-0.39, 0.29) is 18.0 Å². The van der Waals surface area contributed by atoms with Gasteiger partial charge in [0.25, 0.3) is 0 Å². The maximum atomic E-state index is 11.9. The van der Waals surface area contributed by atoms with E-state index in [1.54, 1.807) is 6.07 Å². The van der Waals surface area contributed by atoms with E-state index in [0.717, 1.165) is 24.3 Å². The summed E-state index contributed by atoms with van der Waals surface area (Å²) < 4.78 is 35.8. The molecule has 0 fully saturated rings. The predicted octanol–water partition coefficient (Wildman–Crippen LogP) is 3.00. The number of benzene rings is 1. The zero-order valence-corrected chi connectivity index (χ0v) is 7.12. The minimum Gasteiger partial charge on any atom is -0.192 e. The zero-order chi connectivity index (χ0) is 9.19. The van der Waals surface area contributed by atoms with Gasteiger partial charge in [-0.2, -0.15) is 18.4 Å². The van der Waals surface area contributed by atoms with Crippen LogP contribution in [0.2, 0.25) is 0 Å². The Labute approximate surface area is 79.2 Å². The van der Waals surface area contributed by atoms with Gasteiger partial charge in [0.15, 0.2) is 0 Å². The van der Waals surface area contributed by atoms with Crippen LogP contribution in [-0.4, -0.2) is 0 Å². The minimum absolute atomic E-state index is 0. The van der Waals surface area contributed by atoms with Crippen LogP contribution in [0.3, 0.4) is 0 Å². The molecule has 0 unspecified atom stereocenters. The molecule has 0 saturated carbocycles. The lowest BCUT2D eigenvalue weighted by Crippen LogP contribution is -2.03. The van der Waals surface area contributed by atoms with Crippen molar-refractivity contribution in [2.45, 2.75) is 6.18 Å². The van der Waals surface area contributed by atoms with Gasteiger partial charge in [-0.15, -0.1) is 12.4 Å². The van der Waals surface area contributed by atoms with Crippen LogP contribution in [-0.2, 0) is 6.18 Å². The molecule has 0 atom stereocenters. The molecule has 0 amide bonds. The van der Waals surface area contributed by atoms with E-state index in [0.29, 0.717) is 0 Å². The van der Waals surface area contributed by atoms with Crippen molar-refractivity contribution in [3.8, 4) is 6.07 Å². The molecular weight excluding hydrogens is 203 g/mol. The van der Waals surface area contributed by atoms with E-state index in [2.05, 4.69) is 0 Å². The first kappa shape index (κ1) is 11.8. The molecule has 1 aromatic carbocycles. The second-order valence-electron chi connectivity index (χ2n) is 2.19. The fourth-order valence-electron chi connectivity index (χ4n) is 0.734. The first-order valence-electron chi connectivity index (χ1n) is 3.11. The van der Waals surface area contributed by atoms with Crippen LogP contribution in [0.5, 0.6) is 0 Å². The summed E-state index contributed by atoms with van der Waals surface area (Å²) in [5.74, 6) is 0. The molecule has 0 aromatic heterocycles. The molecule has 13 heavy (non-hydrogen) atoms. The van der Waals surface area contributed by atoms with Gasteiger partial charge in [-0.25, -0.2) is 0 Å². The van der Waals surface area contributed by atoms with Gasteiger partial charge in [0.05, 0.1) is 17.2 Å². The molecule has 0 aliphatic heterocycles. The lowest BCUT2D eigenvalue weighted by molar-refractivity contribution is -0.137. The van der Waals surface area contributed by atoms with Crippen LogP contribution in [0.15, 0.2) is 24.3 Å². The third kappa shape index (κ3) is 2.96. The highest BCUT2D eigenvalue weighted by Gasteiger charge is 2.29. The lowest BCUT2D eigenvalue weighted by atomic mass is 10.1. The molecule has 70 valence electrons. The third-order valence-corrected chi connectivity index (χ3v) is 1.34. The number of hydrogen-bond donors (Lipinski definition) is 0. The number of rotatable bonds is 0. The largest absolute Gasteiger partial charge is 0.416 e. The van der Waals surface area contributed by atoms with E-state index < -0.39 is 11.7 Å². The molecule has 0 heterocycles. The van der Waals surface area contributed by atoms with Gasteiger partial charge >= 0.3 is 6.18 Å². The maximum absolute atomic E-state index is 11.9. The van der Waals surface area contributed by atoms with Crippen molar-refractivity contribution in [2.75, 3.05) is 0 Å². The Kier molecular flexibility index (Phi) is 3.76. The predicted molar refractivity (Wildman–Crippen MR) is 43.4 cm³/mol. The van der Waals surface area contributed by atoms with Gasteiger partial charge in [-0.05, 0) is 24.3 Å². The van der Waals surface area contributed by atoms with Crippen LogP contribution >= 0.6 is 12.4 Å². The van der Waals surface area contributed by atoms with Gasteiger partial charge in [-0.1, -0.05) is 0 Å². The van der Waals surface area contributed by atoms with Gasteiger partial charge in [0.1, 0.15) is 0 Å². The lowest BCUT2D eigenvalue weighted by Gasteiger charge is -2.04. The van der Waals surface area contributed by atoms with Gasteiger partial charge in [0, 0.05) is 0 Å². The second-order valence-corrected chi connectivity index (χ2v) is 2.19. The molecule has 0 aliphatic carbocycles. The minimum atomic E-state index is -4.33. The molecule has 0 radical (unpaired) electrons. The summed E-state index contributed by atoms with van der Waals surface area (Å²) in [5.41, 5.74) is -0.510. The third-order valence-electron chi connectivity index (χ3n) is 1.34. The van der Waals surface area contributed by atoms with Crippen LogP contribution in [0.1, 0.15) is 11.1 Å². The Balaban J connectivity index is 0.00000144. The van der Waals surface area contributed by atoms with Crippen molar-refractivity contribution in [3.63, 3.8) is 0 Å². The standard InChI is InChI=1S/C8H4F3N.ClH/c9-8(10,11)7-3-1-6(5-12)2-4-7;/h1-4H;1H. The molecule has 1 rings (SSSR count). The summed E-state index contributed by atoms with van der Waals surface area (Å²) >= 11 is 0. The molecule has 1 nitrogen and oxygen atoms in total. The Morgan fingerprint density at radius 1 is 1.08 bits per heavy atom. The van der Waals surface area contributed by atoms with E-state index >= 15 is 0 Å². The quantitative estimate of drug-likeness (QED) is 0.642. The van der Waals surface area contributed by atoms with Crippen molar-refractivity contribution in [3.05, 3.63) is 35.4 Å². The maximum Gasteiger partial charge on any atom is 0.416 e. The average molecular weight is 208 g/mol. The molecule has 0 spiro atoms. The number of hydrogen-bond acceptors (Lipinski definition) is 1. The monoisotopic (exact) mass is 207 g/mol. The average Bonchev–Trinajstić information content (AvgIpc) is 2.03. The summed E-state index contributed by atoms with van der Waals surface area (Å²) in [6.07, 6.45) is -4.33. The molecule has 0 aliphatic rings. The van der Waals surface area contributed by atoms with Crippen molar-refractivity contribution in [1.29, 1.82) is 5.26 Å². The number of nitriles is 1. The Morgan fingerprint density at radius 3 is 1.85 bits per heavy atom. The highest BCUT2D eigenvalue weighted by atomic mass is 35.5. The molecule has 0 saturated heterocycles. The Bertz CT molecular complexity index is 310. The van der Waals surface area contributed by atoms with Crippen LogP contribution < -0.4 is 0 Å². The van der Waals surface area contributed by atoms with Crippen molar-refractivity contribution >= 4 is 12.4 Å². The fourth-order valence-corrected chi connectivity index (χ4v) is 0.734. The summed E-state index contributed by atoms with van der Waals surface area (Å²) in [6.45, 7) is 0. The molecular formula is C8H5ClF3N. The Morgan fingerprint density at radius 2 is 1.54 bits per heavy atom. The zero-order valence-electron chi connectivity index (χ0n) is 6.30. The second kappa shape index (κ2) is 4.15. The van der Waals surface area contributed by atoms with E-state index in [9.17, 15) is 13.2 Å². The van der Waals surface area contributed by atoms with Crippen molar-refractivity contribution in [2.24, 2.45) is 0 Å². The Hall–Kier alpha value is -1.21. The smallest absolute Gasteiger partial charge is 0.192 e. The van der Waals surface area contributed by atoms with Crippen LogP contribution in [0, 0.1) is 11.3 Å². The van der Waals surface area contributed by atoms with Crippen LogP contribution in [0.4, 0.5) is 13.2 Å². The summed E-state index contributed by atoms with van der Waals surface area (Å²) in [5, 5.41) is 8.30. The number of alkyl halides is 3. The number of halogens is 4. The van der Waals surface area contributed by atoms with Gasteiger partial charge in [-0.3, -0.25) is 0 Å². The normalized spacial score (nSPS) is 10.0. The van der Waals surface area contributed by atoms with Crippen molar-refractivity contribution < 1.29 is 13.2 Å². The highest BCUT2D eigenvalue weighted by Crippen LogP contribution is 2.28. The fraction of sp³-hybridized carbons (Fsp3) is 0.125. The van der Waals surface area contributed by atoms with Gasteiger partial charge in [0.2, 0.25) is 0 Å². The SMILES string of the molecule is Cl.N#Cc1ccc(C(F)(F)F)cc1. The van der Waals surface area contributed by atoms with E-state index in [1.165, 1.54) is 0 Å². The topological polar surface area (TPSA) is 23.8 Å². The molecule has 5 heteroatoms. The first-order chi connectivity index (χ1) is 5.54. The summed E-state index contributed by atoms with van der Waals surface area (Å²) in [4.78, 5) is 0. The summed E-state index contributed by atoms with van der Waals surface area (Å²) in [6, 6.07) is 5.80. The first-order valence-corrected chi connectivity index (χ1v) is 3.11.